The standard InChI is InChI=1S/C23H27FN4O6S/c1-35(31,32)28(19-5-2-4-18(24)12-19)15-22(29)27-26-13-17-7-9-20(10-8-17)34-16-23(30)25-14-21-6-3-11-33-21/h2,4-5,7-10,12-13,21H,3,6,11,14-16H2,1H3,(H,25,30)(H,27,29)/b26-13-/t21-/m0/s1. The fraction of sp³-hybridized carbons (Fsp3) is 0.348. The number of hydrazone groups is 1. The van der Waals surface area contributed by atoms with Crippen molar-refractivity contribution in [1.82, 2.24) is 10.7 Å². The zero-order chi connectivity index (χ0) is 25.3. The number of sulfonamides is 1. The molecule has 2 amide bonds. The number of ether oxygens (including phenoxy) is 2. The number of anilines is 1. The quantitative estimate of drug-likeness (QED) is 0.351. The lowest BCUT2D eigenvalue weighted by Crippen LogP contribution is -2.39. The molecule has 3 rings (SSSR count). The number of rotatable bonds is 11. The largest absolute Gasteiger partial charge is 0.484 e. The molecule has 10 nitrogen and oxygen atoms in total. The molecule has 1 atom stereocenters. The molecule has 0 unspecified atom stereocenters. The van der Waals surface area contributed by atoms with E-state index in [2.05, 4.69) is 15.8 Å². The normalized spacial score (nSPS) is 15.7. The summed E-state index contributed by atoms with van der Waals surface area (Å²) in [5, 5.41) is 6.59. The average molecular weight is 507 g/mol. The summed E-state index contributed by atoms with van der Waals surface area (Å²) >= 11 is 0. The summed E-state index contributed by atoms with van der Waals surface area (Å²) in [5.41, 5.74) is 2.91. The minimum Gasteiger partial charge on any atom is -0.484 e. The number of carbonyl (C=O) groups is 2. The summed E-state index contributed by atoms with van der Waals surface area (Å²) in [5.74, 6) is -1.08. The van der Waals surface area contributed by atoms with E-state index < -0.39 is 28.3 Å². The van der Waals surface area contributed by atoms with Crippen LogP contribution < -0.4 is 19.8 Å². The lowest BCUT2D eigenvalue weighted by atomic mass is 10.2. The number of nitrogens with one attached hydrogen (secondary N) is 2. The molecule has 2 aromatic carbocycles. The van der Waals surface area contributed by atoms with Crippen molar-refractivity contribution in [1.29, 1.82) is 0 Å². The van der Waals surface area contributed by atoms with E-state index in [1.807, 2.05) is 0 Å². The second-order valence-electron chi connectivity index (χ2n) is 7.84. The summed E-state index contributed by atoms with van der Waals surface area (Å²) in [6.07, 6.45) is 4.29. The smallest absolute Gasteiger partial charge is 0.260 e. The van der Waals surface area contributed by atoms with Crippen LogP contribution in [0.15, 0.2) is 53.6 Å². The molecule has 1 heterocycles. The average Bonchev–Trinajstić information content (AvgIpc) is 3.34. The maximum Gasteiger partial charge on any atom is 0.260 e. The monoisotopic (exact) mass is 506 g/mol. The van der Waals surface area contributed by atoms with Crippen LogP contribution >= 0.6 is 0 Å². The zero-order valence-corrected chi connectivity index (χ0v) is 20.0. The minimum absolute atomic E-state index is 0.0303. The molecular formula is C23H27FN4O6S. The van der Waals surface area contributed by atoms with Crippen molar-refractivity contribution >= 4 is 33.7 Å². The molecular weight excluding hydrogens is 479 g/mol. The van der Waals surface area contributed by atoms with Gasteiger partial charge in [0.25, 0.3) is 11.8 Å². The second-order valence-corrected chi connectivity index (χ2v) is 9.75. The van der Waals surface area contributed by atoms with Gasteiger partial charge in [0.2, 0.25) is 10.0 Å². The highest BCUT2D eigenvalue weighted by molar-refractivity contribution is 7.92. The molecule has 1 aliphatic rings. The molecule has 0 spiro atoms. The third-order valence-corrected chi connectivity index (χ3v) is 6.13. The van der Waals surface area contributed by atoms with Crippen molar-refractivity contribution < 1.29 is 31.9 Å². The molecule has 188 valence electrons. The molecule has 2 aromatic rings. The first kappa shape index (κ1) is 26.1. The van der Waals surface area contributed by atoms with Crippen LogP contribution in [0.4, 0.5) is 10.1 Å². The van der Waals surface area contributed by atoms with E-state index in [1.165, 1.54) is 24.4 Å². The number of amides is 2. The van der Waals surface area contributed by atoms with E-state index in [-0.39, 0.29) is 24.3 Å². The van der Waals surface area contributed by atoms with Gasteiger partial charge >= 0.3 is 0 Å². The molecule has 0 saturated carbocycles. The van der Waals surface area contributed by atoms with Gasteiger partial charge in [-0.15, -0.1) is 0 Å². The molecule has 0 bridgehead atoms. The van der Waals surface area contributed by atoms with E-state index in [0.717, 1.165) is 36.1 Å². The molecule has 0 radical (unpaired) electrons. The number of hydrogen-bond acceptors (Lipinski definition) is 7. The fourth-order valence-electron chi connectivity index (χ4n) is 3.26. The summed E-state index contributed by atoms with van der Waals surface area (Å²) in [6.45, 7) is 0.498. The minimum atomic E-state index is -3.83. The van der Waals surface area contributed by atoms with Crippen molar-refractivity contribution in [3.05, 3.63) is 59.9 Å². The number of carbonyl (C=O) groups excluding carboxylic acids is 2. The van der Waals surface area contributed by atoms with E-state index in [9.17, 15) is 22.4 Å². The Bertz CT molecular complexity index is 1150. The fourth-order valence-corrected chi connectivity index (χ4v) is 4.11. The Labute approximate surface area is 203 Å². The summed E-state index contributed by atoms with van der Waals surface area (Å²) in [7, 11) is -3.83. The first-order valence-electron chi connectivity index (χ1n) is 10.9. The highest BCUT2D eigenvalue weighted by atomic mass is 32.2. The van der Waals surface area contributed by atoms with Crippen LogP contribution in [0.3, 0.4) is 0 Å². The predicted molar refractivity (Wildman–Crippen MR) is 128 cm³/mol. The highest BCUT2D eigenvalue weighted by Crippen LogP contribution is 2.18. The van der Waals surface area contributed by atoms with E-state index >= 15 is 0 Å². The molecule has 1 saturated heterocycles. The van der Waals surface area contributed by atoms with Gasteiger partial charge in [0.05, 0.1) is 24.3 Å². The van der Waals surface area contributed by atoms with Crippen LogP contribution in [0.5, 0.6) is 5.75 Å². The van der Waals surface area contributed by atoms with E-state index in [1.54, 1.807) is 24.3 Å². The van der Waals surface area contributed by atoms with Crippen LogP contribution in [0, 0.1) is 5.82 Å². The molecule has 2 N–H and O–H groups in total. The SMILES string of the molecule is CS(=O)(=O)N(CC(=O)N/N=C\c1ccc(OCC(=O)NC[C@@H]2CCCO2)cc1)c1cccc(F)c1. The van der Waals surface area contributed by atoms with Gasteiger partial charge < -0.3 is 14.8 Å². The summed E-state index contributed by atoms with van der Waals surface area (Å²) in [6, 6.07) is 11.6. The van der Waals surface area contributed by atoms with Crippen molar-refractivity contribution in [2.24, 2.45) is 5.10 Å². The van der Waals surface area contributed by atoms with Gasteiger partial charge in [-0.1, -0.05) is 6.07 Å². The Morgan fingerprint density at radius 1 is 1.23 bits per heavy atom. The van der Waals surface area contributed by atoms with E-state index in [4.69, 9.17) is 9.47 Å². The van der Waals surface area contributed by atoms with Crippen LogP contribution in [0.2, 0.25) is 0 Å². The van der Waals surface area contributed by atoms with Crippen molar-refractivity contribution in [3.8, 4) is 5.75 Å². The van der Waals surface area contributed by atoms with Crippen LogP contribution in [0.25, 0.3) is 0 Å². The molecule has 1 fully saturated rings. The highest BCUT2D eigenvalue weighted by Gasteiger charge is 2.21. The maximum atomic E-state index is 13.5. The maximum absolute atomic E-state index is 13.5. The van der Waals surface area contributed by atoms with Crippen molar-refractivity contribution in [2.45, 2.75) is 18.9 Å². The van der Waals surface area contributed by atoms with Gasteiger partial charge in [0.1, 0.15) is 18.1 Å². The van der Waals surface area contributed by atoms with Gasteiger partial charge in [0.15, 0.2) is 6.61 Å². The van der Waals surface area contributed by atoms with Crippen molar-refractivity contribution in [2.75, 3.05) is 36.9 Å². The van der Waals surface area contributed by atoms with Crippen molar-refractivity contribution in [3.63, 3.8) is 0 Å². The predicted octanol–water partition coefficient (Wildman–Crippen LogP) is 1.42. The number of hydrogen-bond donors (Lipinski definition) is 2. The topological polar surface area (TPSA) is 126 Å². The summed E-state index contributed by atoms with van der Waals surface area (Å²) < 4.78 is 49.2. The van der Waals surface area contributed by atoms with Gasteiger partial charge in [-0.3, -0.25) is 13.9 Å². The van der Waals surface area contributed by atoms with Crippen LogP contribution in [-0.4, -0.2) is 65.1 Å². The molecule has 12 heteroatoms. The molecule has 35 heavy (non-hydrogen) atoms. The van der Waals surface area contributed by atoms with E-state index in [0.29, 0.717) is 17.9 Å². The van der Waals surface area contributed by atoms with Gasteiger partial charge in [-0.2, -0.15) is 5.10 Å². The lowest BCUT2D eigenvalue weighted by molar-refractivity contribution is -0.123. The first-order chi connectivity index (χ1) is 16.7. The van der Waals surface area contributed by atoms with Crippen LogP contribution in [0.1, 0.15) is 18.4 Å². The third kappa shape index (κ3) is 8.65. The number of halogens is 1. The second kappa shape index (κ2) is 12.3. The molecule has 1 aliphatic heterocycles. The lowest BCUT2D eigenvalue weighted by Gasteiger charge is -2.21. The number of benzene rings is 2. The molecule has 0 aliphatic carbocycles. The first-order valence-corrected chi connectivity index (χ1v) is 12.7. The van der Waals surface area contributed by atoms with Gasteiger partial charge in [-0.05, 0) is 60.9 Å². The zero-order valence-electron chi connectivity index (χ0n) is 19.1. The molecule has 0 aromatic heterocycles. The van der Waals surface area contributed by atoms with Gasteiger partial charge in [-0.25, -0.2) is 18.2 Å². The Morgan fingerprint density at radius 2 is 2.00 bits per heavy atom. The number of nitrogens with zero attached hydrogens (tertiary/aromatic N) is 2. The Kier molecular flexibility index (Phi) is 9.15. The summed E-state index contributed by atoms with van der Waals surface area (Å²) in [4.78, 5) is 24.1. The third-order valence-electron chi connectivity index (χ3n) is 4.99. The Morgan fingerprint density at radius 3 is 2.66 bits per heavy atom. The Balaban J connectivity index is 1.45. The van der Waals surface area contributed by atoms with Gasteiger partial charge in [0, 0.05) is 13.2 Å². The van der Waals surface area contributed by atoms with Crippen LogP contribution in [-0.2, 0) is 24.3 Å². The Hall–Kier alpha value is -3.51.